The molecular formula is C10H7BrClN3O. The number of hydrogen-bond acceptors (Lipinski definition) is 2. The highest BCUT2D eigenvalue weighted by molar-refractivity contribution is 9.10. The molecule has 0 atom stereocenters. The topological polar surface area (TPSA) is 57.8 Å². The number of H-pyrrole nitrogens is 1. The van der Waals surface area contributed by atoms with Gasteiger partial charge in [0.1, 0.15) is 5.82 Å². The molecule has 0 fully saturated rings. The van der Waals surface area contributed by atoms with Crippen molar-refractivity contribution >= 4 is 39.3 Å². The number of amides is 1. The third kappa shape index (κ3) is 2.43. The number of anilines is 1. The summed E-state index contributed by atoms with van der Waals surface area (Å²) >= 11 is 9.15. The molecule has 0 bridgehead atoms. The van der Waals surface area contributed by atoms with Crippen molar-refractivity contribution in [3.63, 3.8) is 0 Å². The molecule has 0 saturated carbocycles. The molecule has 1 amide bonds. The second kappa shape index (κ2) is 4.67. The number of halogens is 2. The van der Waals surface area contributed by atoms with Gasteiger partial charge in [-0.1, -0.05) is 11.6 Å². The van der Waals surface area contributed by atoms with E-state index in [1.165, 1.54) is 0 Å². The Morgan fingerprint density at radius 3 is 2.88 bits per heavy atom. The minimum atomic E-state index is -0.237. The SMILES string of the molecule is O=C(Nc1ccn[nH]1)c1ccc(Br)c(Cl)c1. The van der Waals surface area contributed by atoms with E-state index < -0.39 is 0 Å². The lowest BCUT2D eigenvalue weighted by Gasteiger charge is -2.03. The molecule has 82 valence electrons. The Labute approximate surface area is 105 Å². The van der Waals surface area contributed by atoms with Gasteiger partial charge in [-0.15, -0.1) is 0 Å². The Kier molecular flexibility index (Phi) is 3.26. The summed E-state index contributed by atoms with van der Waals surface area (Å²) < 4.78 is 0.757. The van der Waals surface area contributed by atoms with Gasteiger partial charge in [-0.3, -0.25) is 9.89 Å². The fourth-order valence-corrected chi connectivity index (χ4v) is 1.58. The molecule has 2 rings (SSSR count). The molecule has 6 heteroatoms. The zero-order valence-electron chi connectivity index (χ0n) is 8.00. The third-order valence-corrected chi connectivity index (χ3v) is 3.16. The van der Waals surface area contributed by atoms with Crippen LogP contribution in [0.3, 0.4) is 0 Å². The van der Waals surface area contributed by atoms with Gasteiger partial charge in [0.2, 0.25) is 0 Å². The van der Waals surface area contributed by atoms with Crippen molar-refractivity contribution in [1.29, 1.82) is 0 Å². The number of carbonyl (C=O) groups is 1. The zero-order valence-corrected chi connectivity index (χ0v) is 10.3. The molecule has 0 spiro atoms. The Hall–Kier alpha value is -1.33. The summed E-state index contributed by atoms with van der Waals surface area (Å²) in [4.78, 5) is 11.7. The van der Waals surface area contributed by atoms with E-state index >= 15 is 0 Å². The minimum Gasteiger partial charge on any atom is -0.307 e. The molecule has 16 heavy (non-hydrogen) atoms. The molecule has 1 aromatic heterocycles. The number of rotatable bonds is 2. The monoisotopic (exact) mass is 299 g/mol. The summed E-state index contributed by atoms with van der Waals surface area (Å²) in [5.74, 6) is 0.308. The van der Waals surface area contributed by atoms with Gasteiger partial charge in [-0.25, -0.2) is 0 Å². The predicted octanol–water partition coefficient (Wildman–Crippen LogP) is 3.08. The average molecular weight is 301 g/mol. The number of hydrogen-bond donors (Lipinski definition) is 2. The van der Waals surface area contributed by atoms with Crippen LogP contribution in [0.1, 0.15) is 10.4 Å². The summed E-state index contributed by atoms with van der Waals surface area (Å²) in [6, 6.07) is 6.67. The van der Waals surface area contributed by atoms with Gasteiger partial charge in [0.25, 0.3) is 5.91 Å². The van der Waals surface area contributed by atoms with Crippen LogP contribution in [0.25, 0.3) is 0 Å². The van der Waals surface area contributed by atoms with Gasteiger partial charge < -0.3 is 5.32 Å². The first-order valence-electron chi connectivity index (χ1n) is 4.42. The fraction of sp³-hybridized carbons (Fsp3) is 0. The van der Waals surface area contributed by atoms with Crippen molar-refractivity contribution in [1.82, 2.24) is 10.2 Å². The maximum Gasteiger partial charge on any atom is 0.256 e. The highest BCUT2D eigenvalue weighted by atomic mass is 79.9. The van der Waals surface area contributed by atoms with Gasteiger partial charge in [-0.2, -0.15) is 5.10 Å². The second-order valence-corrected chi connectivity index (χ2v) is 4.31. The van der Waals surface area contributed by atoms with Crippen molar-refractivity contribution in [2.24, 2.45) is 0 Å². The van der Waals surface area contributed by atoms with Crippen LogP contribution >= 0.6 is 27.5 Å². The van der Waals surface area contributed by atoms with E-state index in [4.69, 9.17) is 11.6 Å². The van der Waals surface area contributed by atoms with Crippen molar-refractivity contribution in [2.45, 2.75) is 0 Å². The molecule has 1 heterocycles. The number of carbonyl (C=O) groups excluding carboxylic acids is 1. The van der Waals surface area contributed by atoms with E-state index in [0.717, 1.165) is 4.47 Å². The molecule has 2 N–H and O–H groups in total. The molecular weight excluding hydrogens is 293 g/mol. The van der Waals surface area contributed by atoms with E-state index in [1.54, 1.807) is 30.5 Å². The summed E-state index contributed by atoms with van der Waals surface area (Å²) in [5, 5.41) is 9.52. The molecule has 0 aliphatic heterocycles. The van der Waals surface area contributed by atoms with E-state index in [1.807, 2.05) is 0 Å². The minimum absolute atomic E-state index is 0.237. The largest absolute Gasteiger partial charge is 0.307 e. The molecule has 1 aromatic carbocycles. The van der Waals surface area contributed by atoms with Gasteiger partial charge >= 0.3 is 0 Å². The first-order chi connectivity index (χ1) is 7.66. The van der Waals surface area contributed by atoms with Gasteiger partial charge in [0, 0.05) is 16.1 Å². The Morgan fingerprint density at radius 1 is 1.44 bits per heavy atom. The molecule has 0 radical (unpaired) electrons. The summed E-state index contributed by atoms with van der Waals surface area (Å²) in [6.45, 7) is 0. The first-order valence-corrected chi connectivity index (χ1v) is 5.59. The van der Waals surface area contributed by atoms with Crippen molar-refractivity contribution in [3.8, 4) is 0 Å². The molecule has 2 aromatic rings. The standard InChI is InChI=1S/C10H7BrClN3O/c11-7-2-1-6(5-8(7)12)10(16)14-9-3-4-13-15-9/h1-5H,(H2,13,14,15,16). The maximum atomic E-state index is 11.7. The Bertz CT molecular complexity index is 513. The summed E-state index contributed by atoms with van der Waals surface area (Å²) in [6.07, 6.45) is 1.56. The Morgan fingerprint density at radius 2 is 2.25 bits per heavy atom. The second-order valence-electron chi connectivity index (χ2n) is 3.05. The van der Waals surface area contributed by atoms with Crippen LogP contribution in [0.5, 0.6) is 0 Å². The number of nitrogens with zero attached hydrogens (tertiary/aromatic N) is 1. The fourth-order valence-electron chi connectivity index (χ4n) is 1.16. The zero-order chi connectivity index (χ0) is 11.5. The van der Waals surface area contributed by atoms with Crippen LogP contribution < -0.4 is 5.32 Å². The van der Waals surface area contributed by atoms with Crippen LogP contribution in [0, 0.1) is 0 Å². The summed E-state index contributed by atoms with van der Waals surface area (Å²) in [7, 11) is 0. The first kappa shape index (κ1) is 11.2. The van der Waals surface area contributed by atoms with Gasteiger partial charge in [0.15, 0.2) is 0 Å². The number of nitrogens with one attached hydrogen (secondary N) is 2. The molecule has 0 unspecified atom stereocenters. The Balaban J connectivity index is 2.18. The molecule has 0 aliphatic carbocycles. The average Bonchev–Trinajstić information content (AvgIpc) is 2.74. The molecule has 0 saturated heterocycles. The van der Waals surface area contributed by atoms with Crippen molar-refractivity contribution in [3.05, 3.63) is 45.5 Å². The van der Waals surface area contributed by atoms with E-state index in [0.29, 0.717) is 16.4 Å². The highest BCUT2D eigenvalue weighted by Gasteiger charge is 2.08. The quantitative estimate of drug-likeness (QED) is 0.895. The van der Waals surface area contributed by atoms with E-state index in [2.05, 4.69) is 31.4 Å². The smallest absolute Gasteiger partial charge is 0.256 e. The number of aromatic amines is 1. The van der Waals surface area contributed by atoms with Gasteiger partial charge in [-0.05, 0) is 34.1 Å². The highest BCUT2D eigenvalue weighted by Crippen LogP contribution is 2.23. The molecule has 4 nitrogen and oxygen atoms in total. The van der Waals surface area contributed by atoms with Crippen molar-refractivity contribution < 1.29 is 4.79 Å². The van der Waals surface area contributed by atoms with Crippen LogP contribution in [0.4, 0.5) is 5.82 Å². The van der Waals surface area contributed by atoms with Gasteiger partial charge in [0.05, 0.1) is 11.2 Å². The van der Waals surface area contributed by atoms with Crippen LogP contribution in [0.15, 0.2) is 34.9 Å². The third-order valence-electron chi connectivity index (χ3n) is 1.93. The maximum absolute atomic E-state index is 11.7. The number of aromatic nitrogens is 2. The number of benzene rings is 1. The lowest BCUT2D eigenvalue weighted by atomic mass is 10.2. The van der Waals surface area contributed by atoms with Crippen LogP contribution in [0.2, 0.25) is 5.02 Å². The lowest BCUT2D eigenvalue weighted by molar-refractivity contribution is 0.102. The van der Waals surface area contributed by atoms with E-state index in [-0.39, 0.29) is 5.91 Å². The van der Waals surface area contributed by atoms with Crippen molar-refractivity contribution in [2.75, 3.05) is 5.32 Å². The summed E-state index contributed by atoms with van der Waals surface area (Å²) in [5.41, 5.74) is 0.489. The van der Waals surface area contributed by atoms with E-state index in [9.17, 15) is 4.79 Å². The van der Waals surface area contributed by atoms with Crippen LogP contribution in [-0.2, 0) is 0 Å². The van der Waals surface area contributed by atoms with Crippen LogP contribution in [-0.4, -0.2) is 16.1 Å². The predicted molar refractivity (Wildman–Crippen MR) is 65.7 cm³/mol. The normalized spacial score (nSPS) is 10.1. The lowest BCUT2D eigenvalue weighted by Crippen LogP contribution is -2.12. The molecule has 0 aliphatic rings.